The van der Waals surface area contributed by atoms with E-state index in [1.54, 1.807) is 6.08 Å². The molecule has 0 bridgehead atoms. The first-order valence-electron chi connectivity index (χ1n) is 10.4. The molecule has 1 N–H and O–H groups in total. The van der Waals surface area contributed by atoms with Crippen LogP contribution in [0.15, 0.2) is 36.4 Å². The molecule has 1 aliphatic carbocycles. The third-order valence-corrected chi connectivity index (χ3v) is 5.15. The van der Waals surface area contributed by atoms with Gasteiger partial charge in [-0.05, 0) is 63.0 Å². The van der Waals surface area contributed by atoms with Crippen molar-refractivity contribution in [1.29, 1.82) is 0 Å². The van der Waals surface area contributed by atoms with Crippen LogP contribution in [0.5, 0.6) is 0 Å². The van der Waals surface area contributed by atoms with Gasteiger partial charge in [0, 0.05) is 6.08 Å². The highest BCUT2D eigenvalue weighted by molar-refractivity contribution is 5.87. The first-order chi connectivity index (χ1) is 14.1. The number of esters is 2. The molecule has 0 amide bonds. The minimum atomic E-state index is -0.769. The summed E-state index contributed by atoms with van der Waals surface area (Å²) in [6, 6.07) is 9.57. The Morgan fingerprint density at radius 1 is 0.862 bits per heavy atom. The van der Waals surface area contributed by atoms with E-state index in [9.17, 15) is 14.4 Å². The summed E-state index contributed by atoms with van der Waals surface area (Å²) in [5.41, 5.74) is 0.953. The monoisotopic (exact) mass is 402 g/mol. The normalized spacial score (nSPS) is 19.0. The van der Waals surface area contributed by atoms with Gasteiger partial charge < -0.3 is 14.6 Å². The van der Waals surface area contributed by atoms with Gasteiger partial charge in [0.05, 0.1) is 25.0 Å². The molecular weight excluding hydrogens is 372 g/mol. The molecule has 0 atom stereocenters. The van der Waals surface area contributed by atoms with Crippen LogP contribution in [0.2, 0.25) is 0 Å². The van der Waals surface area contributed by atoms with E-state index >= 15 is 0 Å². The van der Waals surface area contributed by atoms with Gasteiger partial charge in [-0.15, -0.1) is 0 Å². The first kappa shape index (κ1) is 22.7. The Morgan fingerprint density at radius 3 is 2.07 bits per heavy atom. The molecule has 1 aromatic rings. The number of hydrogen-bond acceptors (Lipinski definition) is 5. The van der Waals surface area contributed by atoms with Crippen LogP contribution >= 0.6 is 0 Å². The van der Waals surface area contributed by atoms with E-state index in [1.807, 2.05) is 30.3 Å². The van der Waals surface area contributed by atoms with Crippen molar-refractivity contribution < 1.29 is 29.0 Å². The molecule has 1 aliphatic rings. The van der Waals surface area contributed by atoms with Gasteiger partial charge in [-0.2, -0.15) is 0 Å². The van der Waals surface area contributed by atoms with Crippen molar-refractivity contribution in [2.45, 2.75) is 51.4 Å². The van der Waals surface area contributed by atoms with Crippen LogP contribution in [-0.2, 0) is 23.9 Å². The second-order valence-corrected chi connectivity index (χ2v) is 7.38. The zero-order chi connectivity index (χ0) is 20.9. The molecule has 6 heteroatoms. The van der Waals surface area contributed by atoms with Crippen LogP contribution in [0, 0.1) is 11.8 Å². The number of carbonyl (C=O) groups is 3. The third kappa shape index (κ3) is 8.94. The minimum absolute atomic E-state index is 0.158. The van der Waals surface area contributed by atoms with Crippen molar-refractivity contribution in [2.75, 3.05) is 13.2 Å². The molecule has 1 aromatic carbocycles. The van der Waals surface area contributed by atoms with E-state index < -0.39 is 5.97 Å². The Kier molecular flexibility index (Phi) is 9.96. The molecule has 6 nitrogen and oxygen atoms in total. The van der Waals surface area contributed by atoms with Gasteiger partial charge in [0.2, 0.25) is 0 Å². The van der Waals surface area contributed by atoms with Crippen LogP contribution in [-0.4, -0.2) is 36.2 Å². The zero-order valence-corrected chi connectivity index (χ0v) is 16.8. The third-order valence-electron chi connectivity index (χ3n) is 5.15. The average Bonchev–Trinajstić information content (AvgIpc) is 2.74. The maximum absolute atomic E-state index is 12.0. The van der Waals surface area contributed by atoms with Gasteiger partial charge in [0.15, 0.2) is 0 Å². The number of hydrogen-bond donors (Lipinski definition) is 1. The number of benzene rings is 1. The molecule has 0 aromatic heterocycles. The van der Waals surface area contributed by atoms with Crippen molar-refractivity contribution in [3.05, 3.63) is 42.0 Å². The summed E-state index contributed by atoms with van der Waals surface area (Å²) in [4.78, 5) is 34.6. The van der Waals surface area contributed by atoms with Crippen LogP contribution in [0.4, 0.5) is 0 Å². The van der Waals surface area contributed by atoms with Crippen molar-refractivity contribution >= 4 is 24.0 Å². The lowest BCUT2D eigenvalue weighted by Gasteiger charge is -2.24. The van der Waals surface area contributed by atoms with Gasteiger partial charge >= 0.3 is 17.9 Å². The SMILES string of the molecule is O=C(/C=C/c1ccccc1)OCCCCCCOC(=O)C1CCC(C(=O)O)CC1. The molecule has 158 valence electrons. The summed E-state index contributed by atoms with van der Waals surface area (Å²) in [6.07, 6.45) is 8.80. The fourth-order valence-corrected chi connectivity index (χ4v) is 3.37. The van der Waals surface area contributed by atoms with E-state index in [4.69, 9.17) is 14.6 Å². The Balaban J connectivity index is 1.45. The van der Waals surface area contributed by atoms with Crippen molar-refractivity contribution in [3.8, 4) is 0 Å². The topological polar surface area (TPSA) is 89.9 Å². The Bertz CT molecular complexity index is 674. The standard InChI is InChI=1S/C23H30O6/c24-21(15-10-18-8-4-3-5-9-18)28-16-6-1-2-7-17-29-23(27)20-13-11-19(12-14-20)22(25)26/h3-5,8-10,15,19-20H,1-2,6-7,11-14,16-17H2,(H,25,26)/b15-10+. The van der Waals surface area contributed by atoms with Crippen molar-refractivity contribution in [3.63, 3.8) is 0 Å². The molecule has 0 radical (unpaired) electrons. The molecule has 0 aliphatic heterocycles. The highest BCUT2D eigenvalue weighted by atomic mass is 16.5. The number of rotatable bonds is 11. The second-order valence-electron chi connectivity index (χ2n) is 7.38. The number of carboxylic acid groups (broad SMARTS) is 1. The fraction of sp³-hybridized carbons (Fsp3) is 0.522. The summed E-state index contributed by atoms with van der Waals surface area (Å²) < 4.78 is 10.5. The molecular formula is C23H30O6. The fourth-order valence-electron chi connectivity index (χ4n) is 3.37. The minimum Gasteiger partial charge on any atom is -0.481 e. The number of carbonyl (C=O) groups excluding carboxylic acids is 2. The molecule has 0 spiro atoms. The Morgan fingerprint density at radius 2 is 1.45 bits per heavy atom. The number of aliphatic carboxylic acids is 1. The van der Waals surface area contributed by atoms with E-state index in [0.29, 0.717) is 38.9 Å². The lowest BCUT2D eigenvalue weighted by molar-refractivity contribution is -0.152. The first-order valence-corrected chi connectivity index (χ1v) is 10.4. The molecule has 1 saturated carbocycles. The summed E-state index contributed by atoms with van der Waals surface area (Å²) in [5.74, 6) is -1.79. The number of unbranched alkanes of at least 4 members (excludes halogenated alkanes) is 3. The summed E-state index contributed by atoms with van der Waals surface area (Å²) in [6.45, 7) is 0.766. The van der Waals surface area contributed by atoms with Crippen LogP contribution < -0.4 is 0 Å². The smallest absolute Gasteiger partial charge is 0.330 e. The lowest BCUT2D eigenvalue weighted by Crippen LogP contribution is -2.27. The highest BCUT2D eigenvalue weighted by Gasteiger charge is 2.30. The van der Waals surface area contributed by atoms with E-state index in [2.05, 4.69) is 0 Å². The largest absolute Gasteiger partial charge is 0.481 e. The summed E-state index contributed by atoms with van der Waals surface area (Å²) >= 11 is 0. The number of ether oxygens (including phenoxy) is 2. The van der Waals surface area contributed by atoms with Gasteiger partial charge in [0.1, 0.15) is 0 Å². The molecule has 0 unspecified atom stereocenters. The molecule has 1 fully saturated rings. The molecule has 0 saturated heterocycles. The van der Waals surface area contributed by atoms with E-state index in [-0.39, 0.29) is 23.8 Å². The Labute approximate surface area is 171 Å². The van der Waals surface area contributed by atoms with Gasteiger partial charge in [-0.3, -0.25) is 9.59 Å². The maximum atomic E-state index is 12.0. The molecule has 29 heavy (non-hydrogen) atoms. The van der Waals surface area contributed by atoms with E-state index in [1.165, 1.54) is 6.08 Å². The predicted octanol–water partition coefficient (Wildman–Crippen LogP) is 4.24. The summed E-state index contributed by atoms with van der Waals surface area (Å²) in [7, 11) is 0. The van der Waals surface area contributed by atoms with Gasteiger partial charge in [-0.1, -0.05) is 30.3 Å². The van der Waals surface area contributed by atoms with Crippen molar-refractivity contribution in [2.24, 2.45) is 11.8 Å². The quantitative estimate of drug-likeness (QED) is 0.338. The number of carboxylic acids is 1. The van der Waals surface area contributed by atoms with Crippen LogP contribution in [0.25, 0.3) is 6.08 Å². The Hall–Kier alpha value is -2.63. The highest BCUT2D eigenvalue weighted by Crippen LogP contribution is 2.29. The van der Waals surface area contributed by atoms with Crippen LogP contribution in [0.1, 0.15) is 56.9 Å². The summed E-state index contributed by atoms with van der Waals surface area (Å²) in [5, 5.41) is 8.98. The molecule has 0 heterocycles. The van der Waals surface area contributed by atoms with E-state index in [0.717, 1.165) is 31.2 Å². The maximum Gasteiger partial charge on any atom is 0.330 e. The average molecular weight is 402 g/mol. The zero-order valence-electron chi connectivity index (χ0n) is 16.8. The second kappa shape index (κ2) is 12.8. The van der Waals surface area contributed by atoms with Gasteiger partial charge in [-0.25, -0.2) is 4.79 Å². The lowest BCUT2D eigenvalue weighted by atomic mass is 9.82. The molecule has 2 rings (SSSR count). The van der Waals surface area contributed by atoms with Gasteiger partial charge in [0.25, 0.3) is 0 Å². The van der Waals surface area contributed by atoms with Crippen molar-refractivity contribution in [1.82, 2.24) is 0 Å². The van der Waals surface area contributed by atoms with Crippen LogP contribution in [0.3, 0.4) is 0 Å². The predicted molar refractivity (Wildman–Crippen MR) is 109 cm³/mol.